The van der Waals surface area contributed by atoms with Crippen molar-refractivity contribution < 1.29 is 0 Å². The molecule has 0 aromatic heterocycles. The van der Waals surface area contributed by atoms with Gasteiger partial charge in [-0.15, -0.1) is 0 Å². The van der Waals surface area contributed by atoms with E-state index in [9.17, 15) is 0 Å². The van der Waals surface area contributed by atoms with Gasteiger partial charge < -0.3 is 0 Å². The Balaban J connectivity index is 2.23. The van der Waals surface area contributed by atoms with Crippen LogP contribution in [-0.2, 0) is 10.8 Å². The van der Waals surface area contributed by atoms with Crippen molar-refractivity contribution in [1.29, 1.82) is 0 Å². The summed E-state index contributed by atoms with van der Waals surface area (Å²) in [4.78, 5) is 0. The molecule has 0 saturated heterocycles. The third-order valence-electron chi connectivity index (χ3n) is 4.02. The van der Waals surface area contributed by atoms with Gasteiger partial charge in [-0.2, -0.15) is 0 Å². The standard InChI is InChI=1S/C20H26BP/c1-19(2,3)15-7-11-17(12-8-15)22(21)18-13-9-16(10-14-18)20(4,5)6/h7-14H,1-6H3. The van der Waals surface area contributed by atoms with Gasteiger partial charge in [0.1, 0.15) is 7.57 Å². The van der Waals surface area contributed by atoms with Gasteiger partial charge in [0.15, 0.2) is 0 Å². The van der Waals surface area contributed by atoms with Crippen LogP contribution in [0.2, 0.25) is 0 Å². The summed E-state index contributed by atoms with van der Waals surface area (Å²) in [5.41, 5.74) is 3.07. The van der Waals surface area contributed by atoms with Crippen LogP contribution in [0.1, 0.15) is 52.7 Å². The average molecular weight is 308 g/mol. The van der Waals surface area contributed by atoms with Gasteiger partial charge in [0.05, 0.1) is 0 Å². The van der Waals surface area contributed by atoms with E-state index in [-0.39, 0.29) is 10.8 Å². The second kappa shape index (κ2) is 6.21. The highest BCUT2D eigenvalue weighted by Gasteiger charge is 2.16. The molecule has 22 heavy (non-hydrogen) atoms. The quantitative estimate of drug-likeness (QED) is 0.552. The normalized spacial score (nSPS) is 12.7. The van der Waals surface area contributed by atoms with Crippen LogP contribution in [-0.4, -0.2) is 7.57 Å². The maximum atomic E-state index is 6.50. The molecule has 114 valence electrons. The predicted molar refractivity (Wildman–Crippen MR) is 102 cm³/mol. The molecule has 0 fully saturated rings. The van der Waals surface area contributed by atoms with Crippen molar-refractivity contribution in [1.82, 2.24) is 0 Å². The molecule has 0 saturated carbocycles. The Kier molecular flexibility index (Phi) is 4.88. The van der Waals surface area contributed by atoms with E-state index in [1.165, 1.54) is 21.7 Å². The molecule has 2 radical (unpaired) electrons. The third-order valence-corrected chi connectivity index (χ3v) is 5.73. The molecule has 2 aromatic rings. The van der Waals surface area contributed by atoms with E-state index in [4.69, 9.17) is 7.57 Å². The summed E-state index contributed by atoms with van der Waals surface area (Å²) >= 11 is 0. The van der Waals surface area contributed by atoms with Crippen molar-refractivity contribution in [3.8, 4) is 0 Å². The fraction of sp³-hybridized carbons (Fsp3) is 0.400. The predicted octanol–water partition coefficient (Wildman–Crippen LogP) is 4.80. The first-order valence-electron chi connectivity index (χ1n) is 7.85. The van der Waals surface area contributed by atoms with Crippen LogP contribution in [0.15, 0.2) is 48.5 Å². The first-order valence-corrected chi connectivity index (χ1v) is 9.26. The van der Waals surface area contributed by atoms with Gasteiger partial charge in [-0.05, 0) is 32.6 Å². The summed E-state index contributed by atoms with van der Waals surface area (Å²) in [6, 6.07) is 17.6. The lowest BCUT2D eigenvalue weighted by atomic mass is 9.87. The van der Waals surface area contributed by atoms with Crippen LogP contribution in [0.5, 0.6) is 0 Å². The Morgan fingerprint density at radius 2 is 0.864 bits per heavy atom. The van der Waals surface area contributed by atoms with Crippen LogP contribution in [0, 0.1) is 0 Å². The second-order valence-electron chi connectivity index (χ2n) is 7.96. The molecule has 0 atom stereocenters. The lowest BCUT2D eigenvalue weighted by molar-refractivity contribution is 0.590. The van der Waals surface area contributed by atoms with Crippen molar-refractivity contribution in [3.63, 3.8) is 0 Å². The highest BCUT2D eigenvalue weighted by atomic mass is 31.1. The Hall–Kier alpha value is -1.07. The summed E-state index contributed by atoms with van der Waals surface area (Å²) in [7, 11) is 5.73. The van der Waals surface area contributed by atoms with E-state index in [2.05, 4.69) is 90.1 Å². The number of hydrogen-bond acceptors (Lipinski definition) is 0. The molecular formula is C20H26BP. The first-order chi connectivity index (χ1) is 10.1. The van der Waals surface area contributed by atoms with E-state index in [0.717, 1.165) is 0 Å². The van der Waals surface area contributed by atoms with Gasteiger partial charge in [0, 0.05) is 0 Å². The van der Waals surface area contributed by atoms with Crippen molar-refractivity contribution >= 4 is 26.0 Å². The topological polar surface area (TPSA) is 0 Å². The van der Waals surface area contributed by atoms with E-state index in [1.807, 2.05) is 0 Å². The van der Waals surface area contributed by atoms with Crippen LogP contribution in [0.4, 0.5) is 0 Å². The summed E-state index contributed by atoms with van der Waals surface area (Å²) in [6.45, 7) is 13.4. The van der Waals surface area contributed by atoms with Crippen LogP contribution >= 0.6 is 7.80 Å². The smallest absolute Gasteiger partial charge is 0.0961 e. The minimum absolute atomic E-state index is 0.185. The van der Waals surface area contributed by atoms with Crippen molar-refractivity contribution in [2.45, 2.75) is 52.4 Å². The minimum atomic E-state index is -0.767. The maximum Gasteiger partial charge on any atom is 0.121 e. The van der Waals surface area contributed by atoms with E-state index >= 15 is 0 Å². The van der Waals surface area contributed by atoms with E-state index in [0.29, 0.717) is 0 Å². The van der Waals surface area contributed by atoms with Gasteiger partial charge in [0.25, 0.3) is 0 Å². The van der Waals surface area contributed by atoms with Crippen molar-refractivity contribution in [2.24, 2.45) is 0 Å². The van der Waals surface area contributed by atoms with Gasteiger partial charge in [-0.25, -0.2) is 0 Å². The molecule has 0 bridgehead atoms. The highest BCUT2D eigenvalue weighted by molar-refractivity contribution is 7.94. The molecule has 0 heterocycles. The van der Waals surface area contributed by atoms with Crippen molar-refractivity contribution in [3.05, 3.63) is 59.7 Å². The van der Waals surface area contributed by atoms with Gasteiger partial charge in [-0.1, -0.05) is 97.9 Å². The molecule has 0 aliphatic heterocycles. The van der Waals surface area contributed by atoms with Gasteiger partial charge >= 0.3 is 0 Å². The molecule has 0 nitrogen and oxygen atoms in total. The summed E-state index contributed by atoms with van der Waals surface area (Å²) in [5.74, 6) is 0. The minimum Gasteiger partial charge on any atom is -0.0961 e. The lowest BCUT2D eigenvalue weighted by Crippen LogP contribution is -2.16. The molecule has 0 unspecified atom stereocenters. The fourth-order valence-corrected chi connectivity index (χ4v) is 3.63. The van der Waals surface area contributed by atoms with Gasteiger partial charge in [0.2, 0.25) is 0 Å². The fourth-order valence-electron chi connectivity index (χ4n) is 2.39. The third kappa shape index (κ3) is 4.02. The molecule has 0 amide bonds. The maximum absolute atomic E-state index is 6.50. The largest absolute Gasteiger partial charge is 0.121 e. The number of hydrogen-bond donors (Lipinski definition) is 0. The summed E-state index contributed by atoms with van der Waals surface area (Å²) in [5, 5.41) is 2.46. The molecule has 0 N–H and O–H groups in total. The molecular weight excluding hydrogens is 282 g/mol. The van der Waals surface area contributed by atoms with Crippen LogP contribution in [0.3, 0.4) is 0 Å². The van der Waals surface area contributed by atoms with E-state index < -0.39 is 7.80 Å². The van der Waals surface area contributed by atoms with Crippen LogP contribution < -0.4 is 10.6 Å². The molecule has 2 aromatic carbocycles. The molecule has 0 spiro atoms. The van der Waals surface area contributed by atoms with E-state index in [1.54, 1.807) is 0 Å². The number of benzene rings is 2. The SMILES string of the molecule is [B]P(c1ccc(C(C)(C)C)cc1)c1ccc(C(C)(C)C)cc1. The second-order valence-corrected chi connectivity index (χ2v) is 9.74. The monoisotopic (exact) mass is 308 g/mol. The highest BCUT2D eigenvalue weighted by Crippen LogP contribution is 2.30. The summed E-state index contributed by atoms with van der Waals surface area (Å²) in [6.07, 6.45) is 0. The number of rotatable bonds is 2. The Bertz CT molecular complexity index is 555. The molecule has 2 rings (SSSR count). The first kappa shape index (κ1) is 17.3. The Morgan fingerprint density at radius 3 is 1.09 bits per heavy atom. The zero-order valence-electron chi connectivity index (χ0n) is 14.6. The summed E-state index contributed by atoms with van der Waals surface area (Å²) < 4.78 is 0. The Morgan fingerprint density at radius 1 is 0.591 bits per heavy atom. The molecule has 2 heteroatoms. The zero-order chi connectivity index (χ0) is 16.5. The molecule has 0 aliphatic carbocycles. The zero-order valence-corrected chi connectivity index (χ0v) is 15.5. The van der Waals surface area contributed by atoms with Gasteiger partial charge in [-0.3, -0.25) is 0 Å². The van der Waals surface area contributed by atoms with Crippen molar-refractivity contribution in [2.75, 3.05) is 0 Å². The lowest BCUT2D eigenvalue weighted by Gasteiger charge is -2.22. The van der Waals surface area contributed by atoms with Crippen LogP contribution in [0.25, 0.3) is 0 Å². The Labute approximate surface area is 138 Å². The average Bonchev–Trinajstić information content (AvgIpc) is 2.45. The molecule has 0 aliphatic rings.